The highest BCUT2D eigenvalue weighted by Crippen LogP contribution is 2.47. The molecule has 6 rings (SSSR count). The minimum absolute atomic E-state index is 0.0530. The molecule has 7 N–H and O–H groups in total. The van der Waals surface area contributed by atoms with Gasteiger partial charge in [0.2, 0.25) is 0 Å². The first kappa shape index (κ1) is 74.1. The molecule has 0 fully saturated rings. The molecule has 2 heterocycles. The number of nitrogens with one attached hydrogen (secondary N) is 1. The molecule has 496 valence electrons. The van der Waals surface area contributed by atoms with Crippen LogP contribution in [0.3, 0.4) is 0 Å². The fourth-order valence-electron chi connectivity index (χ4n) is 11.6. The van der Waals surface area contributed by atoms with Crippen LogP contribution in [-0.2, 0) is 51.4 Å². The van der Waals surface area contributed by atoms with Gasteiger partial charge in [0.1, 0.15) is 77.7 Å². The number of phenolic OH excluding ortho intramolecular Hbond substituents is 1. The zero-order valence-corrected chi connectivity index (χ0v) is 56.2. The van der Waals surface area contributed by atoms with Gasteiger partial charge in [-0.25, -0.2) is 5.48 Å². The van der Waals surface area contributed by atoms with E-state index in [1.54, 1.807) is 46.7 Å². The number of fused-ring (bicyclic) bond motifs is 2. The third-order valence-corrected chi connectivity index (χ3v) is 16.8. The molecule has 1 unspecified atom stereocenters. The number of carbonyl (C=O) groups is 4. The fraction of sp³-hybridized carbons (Fsp3) is 0.556. The van der Waals surface area contributed by atoms with Crippen molar-refractivity contribution in [2.75, 3.05) is 41.2 Å². The molecule has 2 aliphatic rings. The summed E-state index contributed by atoms with van der Waals surface area (Å²) in [5, 5.41) is 59.1. The van der Waals surface area contributed by atoms with E-state index in [0.717, 1.165) is 94.5 Å². The van der Waals surface area contributed by atoms with E-state index < -0.39 is 47.1 Å². The Morgan fingerprint density at radius 1 is 0.611 bits per heavy atom. The SMILES string of the molecule is COc1c(C)ccc(C2CC(=O)c3c(cc(C)c(CCC(C)(C)OCC(=O)CO)c3OC)O2)c1C/C=C(\C)CCCC(C)(C)OCC(=O)NO.COc1c(C)ccc([C@@H]2CC(=O)c3c(cc(CO)c(CCC(C)(C)O)c3O)O2)c1C/C=C(\C)CCCC(C)(C)O. The molecule has 0 radical (unpaired) electrons. The minimum atomic E-state index is -0.955. The van der Waals surface area contributed by atoms with Gasteiger partial charge in [-0.05, 0) is 218 Å². The van der Waals surface area contributed by atoms with Crippen LogP contribution in [0.15, 0.2) is 59.7 Å². The summed E-state index contributed by atoms with van der Waals surface area (Å²) in [6.07, 6.45) is 11.3. The van der Waals surface area contributed by atoms with E-state index in [1.165, 1.54) is 11.1 Å². The Morgan fingerprint density at radius 3 is 1.56 bits per heavy atom. The number of benzene rings is 4. The van der Waals surface area contributed by atoms with Crippen LogP contribution in [0.25, 0.3) is 0 Å². The average Bonchev–Trinajstić information content (AvgIpc) is 0.816. The third-order valence-electron chi connectivity index (χ3n) is 16.8. The Balaban J connectivity index is 0.000000335. The van der Waals surface area contributed by atoms with Crippen molar-refractivity contribution < 1.29 is 83.1 Å². The lowest BCUT2D eigenvalue weighted by molar-refractivity contribution is -0.140. The number of aryl methyl sites for hydroxylation is 3. The first-order valence-corrected chi connectivity index (χ1v) is 31.2. The summed E-state index contributed by atoms with van der Waals surface area (Å²) in [4.78, 5) is 50.3. The summed E-state index contributed by atoms with van der Waals surface area (Å²) >= 11 is 0. The molecule has 0 aromatic heterocycles. The van der Waals surface area contributed by atoms with E-state index in [-0.39, 0.29) is 67.1 Å². The van der Waals surface area contributed by atoms with Crippen molar-refractivity contribution in [2.24, 2.45) is 0 Å². The van der Waals surface area contributed by atoms with Crippen LogP contribution in [0.1, 0.15) is 222 Å². The van der Waals surface area contributed by atoms with Crippen molar-refractivity contribution in [1.29, 1.82) is 0 Å². The third kappa shape index (κ3) is 20.7. The summed E-state index contributed by atoms with van der Waals surface area (Å²) < 4.78 is 41.9. The van der Waals surface area contributed by atoms with Gasteiger partial charge in [0.25, 0.3) is 5.91 Å². The van der Waals surface area contributed by atoms with Gasteiger partial charge in [0, 0.05) is 16.7 Å². The van der Waals surface area contributed by atoms with E-state index in [9.17, 15) is 39.6 Å². The fourth-order valence-corrected chi connectivity index (χ4v) is 11.6. The van der Waals surface area contributed by atoms with Crippen molar-refractivity contribution in [1.82, 2.24) is 5.48 Å². The molecule has 4 aromatic rings. The lowest BCUT2D eigenvalue weighted by Gasteiger charge is -2.31. The van der Waals surface area contributed by atoms with Crippen LogP contribution >= 0.6 is 0 Å². The van der Waals surface area contributed by atoms with E-state index in [0.29, 0.717) is 66.7 Å². The summed E-state index contributed by atoms with van der Waals surface area (Å²) in [7, 11) is 4.85. The zero-order valence-electron chi connectivity index (χ0n) is 56.2. The summed E-state index contributed by atoms with van der Waals surface area (Å²) in [6, 6.07) is 11.5. The molecule has 4 aromatic carbocycles. The number of aromatic hydroxyl groups is 1. The Morgan fingerprint density at radius 2 is 1.08 bits per heavy atom. The van der Waals surface area contributed by atoms with E-state index >= 15 is 0 Å². The van der Waals surface area contributed by atoms with Gasteiger partial charge in [-0.3, -0.25) is 24.4 Å². The van der Waals surface area contributed by atoms with E-state index in [4.69, 9.17) is 43.5 Å². The molecule has 0 bridgehead atoms. The van der Waals surface area contributed by atoms with Gasteiger partial charge in [-0.2, -0.15) is 0 Å². The second-order valence-electron chi connectivity index (χ2n) is 26.6. The number of hydrogen-bond acceptors (Lipinski definition) is 17. The molecule has 0 saturated heterocycles. The molecule has 1 amide bonds. The molecular weight excluding hydrogens is 1150 g/mol. The van der Waals surface area contributed by atoms with Crippen molar-refractivity contribution in [3.8, 4) is 34.5 Å². The maximum atomic E-state index is 13.9. The Hall–Kier alpha value is -6.64. The molecule has 90 heavy (non-hydrogen) atoms. The van der Waals surface area contributed by atoms with Crippen LogP contribution in [0, 0.1) is 20.8 Å². The summed E-state index contributed by atoms with van der Waals surface area (Å²) in [5.41, 5.74) is 10.1. The molecule has 0 aliphatic carbocycles. The number of aliphatic hydroxyl groups is 4. The molecular formula is C72H101NO17. The highest BCUT2D eigenvalue weighted by atomic mass is 16.5. The smallest absolute Gasteiger partial charge is 0.269 e. The highest BCUT2D eigenvalue weighted by molar-refractivity contribution is 6.04. The van der Waals surface area contributed by atoms with Gasteiger partial charge in [0.05, 0.1) is 63.2 Å². The number of ether oxygens (including phenoxy) is 7. The quantitative estimate of drug-likeness (QED) is 0.0140. The lowest BCUT2D eigenvalue weighted by atomic mass is 9.87. The predicted octanol–water partition coefficient (Wildman–Crippen LogP) is 12.3. The number of allylic oxidation sites excluding steroid dienone is 4. The lowest BCUT2D eigenvalue weighted by Crippen LogP contribution is -2.32. The topological polar surface area (TPSA) is 266 Å². The van der Waals surface area contributed by atoms with Crippen LogP contribution in [0.5, 0.6) is 34.5 Å². The maximum absolute atomic E-state index is 13.9. The van der Waals surface area contributed by atoms with Gasteiger partial charge < -0.3 is 58.7 Å². The van der Waals surface area contributed by atoms with Crippen molar-refractivity contribution >= 4 is 23.3 Å². The monoisotopic (exact) mass is 1250 g/mol. The normalized spacial score (nSPS) is 15.5. The molecule has 0 spiro atoms. The Kier molecular flexibility index (Phi) is 26.8. The number of phenols is 1. The summed E-state index contributed by atoms with van der Waals surface area (Å²) in [5.74, 6) is 1.29. The maximum Gasteiger partial charge on any atom is 0.269 e. The van der Waals surface area contributed by atoms with Gasteiger partial charge in [0.15, 0.2) is 17.3 Å². The molecule has 2 atom stereocenters. The molecule has 0 saturated carbocycles. The number of carbonyl (C=O) groups excluding carboxylic acids is 4. The highest BCUT2D eigenvalue weighted by Gasteiger charge is 2.37. The number of rotatable bonds is 31. The summed E-state index contributed by atoms with van der Waals surface area (Å²) in [6.45, 7) is 23.5. The Bertz CT molecular complexity index is 3230. The largest absolute Gasteiger partial charge is 0.507 e. The van der Waals surface area contributed by atoms with Crippen molar-refractivity contribution in [3.05, 3.63) is 126 Å². The van der Waals surface area contributed by atoms with Crippen molar-refractivity contribution in [3.63, 3.8) is 0 Å². The second-order valence-corrected chi connectivity index (χ2v) is 26.6. The number of hydrogen-bond donors (Lipinski definition) is 7. The van der Waals surface area contributed by atoms with Crippen LogP contribution in [0.4, 0.5) is 0 Å². The van der Waals surface area contributed by atoms with E-state index in [2.05, 4.69) is 26.0 Å². The molecule has 18 heteroatoms. The number of methoxy groups -OCH3 is 3. The van der Waals surface area contributed by atoms with Crippen molar-refractivity contribution in [2.45, 2.75) is 221 Å². The number of amides is 1. The first-order valence-electron chi connectivity index (χ1n) is 31.2. The van der Waals surface area contributed by atoms with E-state index in [1.807, 2.05) is 92.6 Å². The van der Waals surface area contributed by atoms with Crippen LogP contribution in [0.2, 0.25) is 0 Å². The van der Waals surface area contributed by atoms with Gasteiger partial charge in [-0.15, -0.1) is 0 Å². The Labute approximate surface area is 532 Å². The van der Waals surface area contributed by atoms with Gasteiger partial charge in [-0.1, -0.05) is 47.6 Å². The second kappa shape index (κ2) is 32.6. The number of aliphatic hydroxyl groups excluding tert-OH is 2. The predicted molar refractivity (Wildman–Crippen MR) is 346 cm³/mol. The standard InChI is InChI=1S/C39H55NO10.C33H46O7/c1-24(11-10-17-38(4,5)49-23-34(44)40-45)12-14-30-29(15-13-25(2)36(30)46-8)32-20-31(43)35-33(50-32)19-26(3)28(37(35)47-9)16-18-39(6,7)48-22-27(42)21-41;1-20(9-8-15-32(3,4)37)10-12-25-24(13-11-21(2)31(25)39-7)27-18-26(35)29-28(40-27)17-22(19-34)23(30(29)36)14-16-33(5,6)38/h12-13,15,19,32,41,45H,10-11,14,16-18,20-23H2,1-9H3,(H,40,44);10-11,13,17,27,34,36-38H,8-9,12,14-16,18-19H2,1-7H3/b24-12+;20-10+/t;27-/m.0/s1. The van der Waals surface area contributed by atoms with Gasteiger partial charge >= 0.3 is 0 Å². The number of hydroxylamine groups is 1. The number of Topliss-reactive ketones (excluding diaryl/α,β-unsaturated/α-hetero) is 3. The first-order chi connectivity index (χ1) is 42.2. The average molecular weight is 1250 g/mol. The molecule has 2 aliphatic heterocycles. The minimum Gasteiger partial charge on any atom is -0.507 e. The van der Waals surface area contributed by atoms with Crippen LogP contribution < -0.4 is 29.2 Å². The zero-order chi connectivity index (χ0) is 67.1. The van der Waals surface area contributed by atoms with Crippen LogP contribution in [-0.4, -0.2) is 118 Å². The molecule has 18 nitrogen and oxygen atoms in total. The number of ketones is 3.